The number of carbonyl (C=O) groups excluding carboxylic acids is 1. The molecule has 0 saturated carbocycles. The number of benzene rings is 3. The molecule has 11 heteroatoms. The Labute approximate surface area is 298 Å². The number of aromatic nitrogens is 1. The van der Waals surface area contributed by atoms with Crippen molar-refractivity contribution in [1.82, 2.24) is 4.57 Å². The van der Waals surface area contributed by atoms with Gasteiger partial charge in [0.25, 0.3) is 5.91 Å². The molecular formula is C35H41CaFN2O7. The van der Waals surface area contributed by atoms with Crippen LogP contribution >= 0.6 is 0 Å². The van der Waals surface area contributed by atoms with E-state index >= 15 is 0 Å². The van der Waals surface area contributed by atoms with Gasteiger partial charge in [0.05, 0.1) is 44.1 Å². The number of methoxy groups -OCH3 is 2. The van der Waals surface area contributed by atoms with E-state index in [1.54, 1.807) is 30.3 Å². The number of hydrogen-bond acceptors (Lipinski definition) is 6. The molecule has 1 heterocycles. The first-order chi connectivity index (χ1) is 21.5. The van der Waals surface area contributed by atoms with Crippen LogP contribution in [0, 0.1) is 5.82 Å². The summed E-state index contributed by atoms with van der Waals surface area (Å²) in [7, 11) is 3.04. The fraction of sp³-hybridized carbons (Fsp3) is 0.314. The number of halogens is 1. The van der Waals surface area contributed by atoms with Crippen LogP contribution in [0.15, 0.2) is 72.8 Å². The molecule has 1 amide bonds. The van der Waals surface area contributed by atoms with E-state index in [4.69, 9.17) is 14.6 Å². The first kappa shape index (κ1) is 37.1. The van der Waals surface area contributed by atoms with Crippen molar-refractivity contribution in [2.75, 3.05) is 19.5 Å². The second-order valence-electron chi connectivity index (χ2n) is 11.1. The number of carboxylic acid groups (broad SMARTS) is 1. The molecule has 0 saturated heterocycles. The van der Waals surface area contributed by atoms with Gasteiger partial charge in [0, 0.05) is 29.6 Å². The van der Waals surface area contributed by atoms with Crippen LogP contribution in [-0.4, -0.2) is 95.9 Å². The van der Waals surface area contributed by atoms with Crippen LogP contribution in [0.4, 0.5) is 10.1 Å². The van der Waals surface area contributed by atoms with E-state index in [2.05, 4.69) is 5.32 Å². The Morgan fingerprint density at radius 3 is 2.13 bits per heavy atom. The third-order valence-electron chi connectivity index (χ3n) is 7.54. The zero-order valence-electron chi connectivity index (χ0n) is 25.8. The molecule has 0 aliphatic rings. The van der Waals surface area contributed by atoms with Gasteiger partial charge >= 0.3 is 43.7 Å². The molecule has 1 aromatic heterocycles. The van der Waals surface area contributed by atoms with E-state index in [1.165, 1.54) is 26.4 Å². The van der Waals surface area contributed by atoms with Gasteiger partial charge in [-0.2, -0.15) is 0 Å². The summed E-state index contributed by atoms with van der Waals surface area (Å²) >= 11 is 0. The Morgan fingerprint density at radius 2 is 1.54 bits per heavy atom. The zero-order chi connectivity index (χ0) is 32.7. The summed E-state index contributed by atoms with van der Waals surface area (Å²) < 4.78 is 26.8. The molecule has 4 aromatic rings. The fourth-order valence-electron chi connectivity index (χ4n) is 5.60. The molecule has 4 N–H and O–H groups in total. The normalized spacial score (nSPS) is 12.3. The quantitative estimate of drug-likeness (QED) is 0.133. The monoisotopic (exact) mass is 660 g/mol. The second kappa shape index (κ2) is 16.9. The number of aliphatic hydroxyl groups is 2. The zero-order valence-corrected chi connectivity index (χ0v) is 25.8. The van der Waals surface area contributed by atoms with E-state index in [-0.39, 0.29) is 68.9 Å². The molecule has 2 unspecified atom stereocenters. The summed E-state index contributed by atoms with van der Waals surface area (Å²) in [4.78, 5) is 25.4. The Kier molecular flexibility index (Phi) is 13.6. The van der Waals surface area contributed by atoms with Crippen LogP contribution in [-0.2, 0) is 11.3 Å². The number of ether oxygens (including phenoxy) is 2. The second-order valence-corrected chi connectivity index (χ2v) is 11.1. The SMILES string of the molecule is COc1ccc(NC(=O)c2c(-c3ccccc3)c(-c3ccc(F)cc3)n(CCC(O)CC(O)CC(=O)O)c2C(C)C)cc1OC.[CaH2]. The average molecular weight is 661 g/mol. The van der Waals surface area contributed by atoms with Crippen molar-refractivity contribution in [3.8, 4) is 33.9 Å². The maximum absolute atomic E-state index is 14.3. The predicted octanol–water partition coefficient (Wildman–Crippen LogP) is 5.41. The van der Waals surface area contributed by atoms with E-state index in [0.717, 1.165) is 5.56 Å². The number of anilines is 1. The summed E-state index contributed by atoms with van der Waals surface area (Å²) in [6, 6.07) is 20.5. The topological polar surface area (TPSA) is 130 Å². The van der Waals surface area contributed by atoms with Crippen molar-refractivity contribution < 1.29 is 38.8 Å². The molecular weight excluding hydrogens is 619 g/mol. The summed E-state index contributed by atoms with van der Waals surface area (Å²) in [5.41, 5.74) is 4.36. The molecule has 0 spiro atoms. The minimum atomic E-state index is -1.20. The van der Waals surface area contributed by atoms with E-state index in [9.17, 15) is 24.2 Å². The average Bonchev–Trinajstić information content (AvgIpc) is 3.36. The van der Waals surface area contributed by atoms with Crippen molar-refractivity contribution in [1.29, 1.82) is 0 Å². The number of carbonyl (C=O) groups is 2. The van der Waals surface area contributed by atoms with Crippen LogP contribution in [0.1, 0.15) is 55.1 Å². The van der Waals surface area contributed by atoms with Crippen molar-refractivity contribution in [2.45, 2.75) is 57.8 Å². The van der Waals surface area contributed by atoms with Crippen LogP contribution in [0.3, 0.4) is 0 Å². The van der Waals surface area contributed by atoms with Crippen LogP contribution in [0.25, 0.3) is 22.4 Å². The van der Waals surface area contributed by atoms with Crippen molar-refractivity contribution in [3.63, 3.8) is 0 Å². The minimum absolute atomic E-state index is 0. The molecule has 0 aliphatic heterocycles. The Morgan fingerprint density at radius 1 is 0.891 bits per heavy atom. The number of nitrogens with one attached hydrogen (secondary N) is 1. The van der Waals surface area contributed by atoms with Gasteiger partial charge in [-0.3, -0.25) is 9.59 Å². The molecule has 0 fully saturated rings. The van der Waals surface area contributed by atoms with E-state index < -0.39 is 30.4 Å². The first-order valence-corrected chi connectivity index (χ1v) is 14.7. The van der Waals surface area contributed by atoms with Gasteiger partial charge in [-0.05, 0) is 66.3 Å². The predicted molar refractivity (Wildman–Crippen MR) is 179 cm³/mol. The summed E-state index contributed by atoms with van der Waals surface area (Å²) in [6.45, 7) is 4.18. The van der Waals surface area contributed by atoms with Gasteiger partial charge in [0.1, 0.15) is 5.82 Å². The maximum atomic E-state index is 14.3. The first-order valence-electron chi connectivity index (χ1n) is 14.7. The number of aliphatic hydroxyl groups excluding tert-OH is 2. The third kappa shape index (κ3) is 8.89. The number of nitrogens with zero attached hydrogens (tertiary/aromatic N) is 1. The number of amides is 1. The van der Waals surface area contributed by atoms with Gasteiger partial charge in [0.15, 0.2) is 11.5 Å². The van der Waals surface area contributed by atoms with Gasteiger partial charge in [-0.15, -0.1) is 0 Å². The molecule has 46 heavy (non-hydrogen) atoms. The molecule has 2 atom stereocenters. The molecule has 0 aliphatic carbocycles. The summed E-state index contributed by atoms with van der Waals surface area (Å²) in [6.07, 6.45) is -2.63. The third-order valence-corrected chi connectivity index (χ3v) is 7.54. The molecule has 9 nitrogen and oxygen atoms in total. The van der Waals surface area contributed by atoms with Crippen LogP contribution in [0.5, 0.6) is 11.5 Å². The number of aliphatic carboxylic acids is 1. The Bertz CT molecular complexity index is 1620. The fourth-order valence-corrected chi connectivity index (χ4v) is 5.60. The van der Waals surface area contributed by atoms with Crippen LogP contribution < -0.4 is 14.8 Å². The molecule has 4 rings (SSSR count). The van der Waals surface area contributed by atoms with Gasteiger partial charge in [-0.25, -0.2) is 4.39 Å². The molecule has 0 radical (unpaired) electrons. The molecule has 3 aromatic carbocycles. The molecule has 242 valence electrons. The van der Waals surface area contributed by atoms with E-state index in [0.29, 0.717) is 45.3 Å². The summed E-state index contributed by atoms with van der Waals surface area (Å²) in [5.74, 6) is -1.13. The van der Waals surface area contributed by atoms with Crippen molar-refractivity contribution in [2.24, 2.45) is 0 Å². The van der Waals surface area contributed by atoms with Gasteiger partial charge in [-0.1, -0.05) is 44.2 Å². The Hall–Kier alpha value is -3.41. The summed E-state index contributed by atoms with van der Waals surface area (Å²) in [5, 5.41) is 32.9. The van der Waals surface area contributed by atoms with Crippen LogP contribution in [0.2, 0.25) is 0 Å². The number of rotatable bonds is 14. The van der Waals surface area contributed by atoms with Gasteiger partial charge in [0.2, 0.25) is 0 Å². The van der Waals surface area contributed by atoms with E-state index in [1.807, 2.05) is 48.7 Å². The van der Waals surface area contributed by atoms with Crippen molar-refractivity contribution >= 4 is 55.3 Å². The molecule has 0 bridgehead atoms. The van der Waals surface area contributed by atoms with Gasteiger partial charge < -0.3 is 34.7 Å². The number of carboxylic acids is 1. The standard InChI is InChI=1S/C35H39FN2O7.Ca.2H/c1-21(2)33-32(35(43)37-25-14-15-28(44-3)29(18-25)45-4)31(22-8-6-5-7-9-22)34(23-10-12-24(36)13-11-23)38(33)17-16-26(39)19-27(40)20-30(41)42;;;/h5-15,18,21,26-27,39-40H,16-17,19-20H2,1-4H3,(H,37,43)(H,41,42);;;. The Balaban J connectivity index is 0.00000576. The number of hydrogen-bond donors (Lipinski definition) is 4. The van der Waals surface area contributed by atoms with Crippen molar-refractivity contribution in [3.05, 3.63) is 89.9 Å².